The van der Waals surface area contributed by atoms with E-state index in [4.69, 9.17) is 9.47 Å². The van der Waals surface area contributed by atoms with Crippen molar-refractivity contribution >= 4 is 40.6 Å². The molecule has 4 rings (SSSR count). The van der Waals surface area contributed by atoms with Crippen LogP contribution in [0.2, 0.25) is 0 Å². The van der Waals surface area contributed by atoms with Crippen LogP contribution in [0.25, 0.3) is 0 Å². The molecule has 1 fully saturated rings. The second-order valence-corrected chi connectivity index (χ2v) is 8.79. The fraction of sp³-hybridized carbons (Fsp3) is 0.400. The standard InChI is InChI=1S/C20H22N2O4S2/c23-19-10-14(20(24)21-5-9-27-13-16-2-1-8-28-16)12-22(19)15-3-4-17-18(11-15)26-7-6-25-17/h1-4,8,11,14H,5-7,9-10,12-13H2,(H,21,24). The average molecular weight is 419 g/mol. The van der Waals surface area contributed by atoms with Crippen molar-refractivity contribution in [3.05, 3.63) is 40.6 Å². The molecule has 0 spiro atoms. The molecule has 8 heteroatoms. The van der Waals surface area contributed by atoms with Gasteiger partial charge in [0.1, 0.15) is 13.2 Å². The molecule has 28 heavy (non-hydrogen) atoms. The Morgan fingerprint density at radius 3 is 2.93 bits per heavy atom. The van der Waals surface area contributed by atoms with Gasteiger partial charge in [0.05, 0.1) is 5.92 Å². The Bertz CT molecular complexity index is 841. The summed E-state index contributed by atoms with van der Waals surface area (Å²) in [5, 5.41) is 5.04. The average Bonchev–Trinajstić information content (AvgIpc) is 3.37. The van der Waals surface area contributed by atoms with E-state index in [1.165, 1.54) is 4.88 Å². The van der Waals surface area contributed by atoms with E-state index in [2.05, 4.69) is 16.8 Å². The normalized spacial score (nSPS) is 18.4. The molecule has 1 N–H and O–H groups in total. The molecule has 2 aliphatic heterocycles. The zero-order chi connectivity index (χ0) is 19.3. The van der Waals surface area contributed by atoms with Gasteiger partial charge in [-0.05, 0) is 23.6 Å². The lowest BCUT2D eigenvalue weighted by atomic mass is 10.1. The van der Waals surface area contributed by atoms with Crippen LogP contribution in [0, 0.1) is 5.92 Å². The van der Waals surface area contributed by atoms with Gasteiger partial charge in [0.15, 0.2) is 11.5 Å². The Labute approximate surface area is 172 Å². The molecule has 0 aliphatic carbocycles. The maximum Gasteiger partial charge on any atom is 0.227 e. The number of carbonyl (C=O) groups excluding carboxylic acids is 2. The predicted octanol–water partition coefficient (Wildman–Crippen LogP) is 2.92. The second-order valence-electron chi connectivity index (χ2n) is 6.66. The summed E-state index contributed by atoms with van der Waals surface area (Å²) in [4.78, 5) is 27.9. The quantitative estimate of drug-likeness (QED) is 0.701. The molecule has 1 aromatic heterocycles. The highest BCUT2D eigenvalue weighted by Gasteiger charge is 2.35. The van der Waals surface area contributed by atoms with E-state index in [9.17, 15) is 9.59 Å². The van der Waals surface area contributed by atoms with E-state index >= 15 is 0 Å². The number of ether oxygens (including phenoxy) is 2. The van der Waals surface area contributed by atoms with Crippen molar-refractivity contribution in [2.24, 2.45) is 5.92 Å². The number of nitrogens with zero attached hydrogens (tertiary/aromatic N) is 1. The van der Waals surface area contributed by atoms with Crippen LogP contribution in [0.1, 0.15) is 11.3 Å². The number of nitrogens with one attached hydrogen (secondary N) is 1. The Balaban J connectivity index is 1.26. The summed E-state index contributed by atoms with van der Waals surface area (Å²) in [5.41, 5.74) is 0.746. The summed E-state index contributed by atoms with van der Waals surface area (Å²) in [7, 11) is 0. The van der Waals surface area contributed by atoms with Crippen molar-refractivity contribution in [3.8, 4) is 11.5 Å². The largest absolute Gasteiger partial charge is 0.486 e. The van der Waals surface area contributed by atoms with Crippen molar-refractivity contribution in [3.63, 3.8) is 0 Å². The summed E-state index contributed by atoms with van der Waals surface area (Å²) < 4.78 is 11.1. The van der Waals surface area contributed by atoms with Crippen LogP contribution in [-0.4, -0.2) is 43.9 Å². The fourth-order valence-electron chi connectivity index (χ4n) is 3.29. The Hall–Kier alpha value is -2.19. The minimum Gasteiger partial charge on any atom is -0.486 e. The molecule has 1 unspecified atom stereocenters. The highest BCUT2D eigenvalue weighted by atomic mass is 32.2. The van der Waals surface area contributed by atoms with Gasteiger partial charge in [0.25, 0.3) is 0 Å². The summed E-state index contributed by atoms with van der Waals surface area (Å²) in [6.45, 7) is 2.04. The van der Waals surface area contributed by atoms with Gasteiger partial charge < -0.3 is 19.7 Å². The summed E-state index contributed by atoms with van der Waals surface area (Å²) in [6, 6.07) is 9.63. The number of hydrogen-bond acceptors (Lipinski definition) is 6. The number of amides is 2. The van der Waals surface area contributed by atoms with Gasteiger partial charge >= 0.3 is 0 Å². The van der Waals surface area contributed by atoms with Crippen molar-refractivity contribution in [1.29, 1.82) is 0 Å². The van der Waals surface area contributed by atoms with Crippen molar-refractivity contribution in [2.75, 3.05) is 37.0 Å². The minimum atomic E-state index is -0.317. The van der Waals surface area contributed by atoms with Crippen LogP contribution < -0.4 is 19.7 Å². The van der Waals surface area contributed by atoms with Crippen LogP contribution in [0.15, 0.2) is 35.7 Å². The molecular formula is C20H22N2O4S2. The fourth-order valence-corrected chi connectivity index (χ4v) is 4.99. The first-order chi connectivity index (χ1) is 13.7. The van der Waals surface area contributed by atoms with Gasteiger partial charge in [-0.25, -0.2) is 0 Å². The summed E-state index contributed by atoms with van der Waals surface area (Å²) in [5.74, 6) is 2.75. The molecule has 2 aliphatic rings. The van der Waals surface area contributed by atoms with E-state index in [0.29, 0.717) is 37.8 Å². The lowest BCUT2D eigenvalue weighted by molar-refractivity contribution is -0.126. The van der Waals surface area contributed by atoms with Gasteiger partial charge in [0, 0.05) is 47.6 Å². The van der Waals surface area contributed by atoms with Gasteiger partial charge in [0.2, 0.25) is 11.8 Å². The Kier molecular flexibility index (Phi) is 6.07. The third kappa shape index (κ3) is 4.44. The molecule has 2 aromatic rings. The third-order valence-electron chi connectivity index (χ3n) is 4.70. The van der Waals surface area contributed by atoms with Gasteiger partial charge in [-0.1, -0.05) is 6.07 Å². The highest BCUT2D eigenvalue weighted by molar-refractivity contribution is 7.98. The topological polar surface area (TPSA) is 67.9 Å². The molecule has 1 atom stereocenters. The van der Waals surface area contributed by atoms with E-state index < -0.39 is 0 Å². The maximum atomic E-state index is 12.5. The number of hydrogen-bond donors (Lipinski definition) is 1. The van der Waals surface area contributed by atoms with Gasteiger partial charge in [-0.2, -0.15) is 11.8 Å². The molecule has 0 radical (unpaired) electrons. The van der Waals surface area contributed by atoms with Crippen LogP contribution in [0.3, 0.4) is 0 Å². The number of fused-ring (bicyclic) bond motifs is 1. The minimum absolute atomic E-state index is 0.0381. The first-order valence-corrected chi connectivity index (χ1v) is 11.3. The number of carbonyl (C=O) groups is 2. The molecule has 3 heterocycles. The van der Waals surface area contributed by atoms with Crippen LogP contribution in [0.4, 0.5) is 5.69 Å². The number of thiophene rings is 1. The third-order valence-corrected chi connectivity index (χ3v) is 6.77. The van der Waals surface area contributed by atoms with Crippen molar-refractivity contribution in [2.45, 2.75) is 12.2 Å². The number of anilines is 1. The van der Waals surface area contributed by atoms with Crippen LogP contribution in [-0.2, 0) is 15.3 Å². The molecule has 0 bridgehead atoms. The lowest BCUT2D eigenvalue weighted by Crippen LogP contribution is -2.34. The van der Waals surface area contributed by atoms with Gasteiger partial charge in [-0.15, -0.1) is 11.3 Å². The molecule has 1 aromatic carbocycles. The summed E-state index contributed by atoms with van der Waals surface area (Å²) in [6.07, 6.45) is 0.239. The monoisotopic (exact) mass is 418 g/mol. The smallest absolute Gasteiger partial charge is 0.227 e. The Morgan fingerprint density at radius 1 is 1.25 bits per heavy atom. The number of benzene rings is 1. The van der Waals surface area contributed by atoms with Crippen LogP contribution >= 0.6 is 23.1 Å². The molecule has 148 valence electrons. The first-order valence-electron chi connectivity index (χ1n) is 9.28. The van der Waals surface area contributed by atoms with Gasteiger partial charge in [-0.3, -0.25) is 9.59 Å². The van der Waals surface area contributed by atoms with Crippen molar-refractivity contribution in [1.82, 2.24) is 5.32 Å². The second kappa shape index (κ2) is 8.87. The zero-order valence-corrected chi connectivity index (χ0v) is 17.0. The van der Waals surface area contributed by atoms with E-state index in [1.54, 1.807) is 28.0 Å². The molecular weight excluding hydrogens is 396 g/mol. The molecule has 1 saturated heterocycles. The lowest BCUT2D eigenvalue weighted by Gasteiger charge is -2.22. The van der Waals surface area contributed by atoms with E-state index in [1.807, 2.05) is 24.3 Å². The predicted molar refractivity (Wildman–Crippen MR) is 111 cm³/mol. The number of rotatable bonds is 7. The van der Waals surface area contributed by atoms with Crippen molar-refractivity contribution < 1.29 is 19.1 Å². The van der Waals surface area contributed by atoms with Crippen LogP contribution in [0.5, 0.6) is 11.5 Å². The Morgan fingerprint density at radius 2 is 2.11 bits per heavy atom. The number of thioether (sulfide) groups is 1. The zero-order valence-electron chi connectivity index (χ0n) is 15.4. The SMILES string of the molecule is O=C(NCCSCc1cccs1)C1CC(=O)N(c2ccc3c(c2)OCCO3)C1. The molecule has 2 amide bonds. The maximum absolute atomic E-state index is 12.5. The first kappa shape index (κ1) is 19.1. The molecule has 0 saturated carbocycles. The molecule has 6 nitrogen and oxygen atoms in total. The van der Waals surface area contributed by atoms with E-state index in [0.717, 1.165) is 17.2 Å². The van der Waals surface area contributed by atoms with E-state index in [-0.39, 0.29) is 24.2 Å². The highest BCUT2D eigenvalue weighted by Crippen LogP contribution is 2.36. The summed E-state index contributed by atoms with van der Waals surface area (Å²) >= 11 is 3.55.